The number of benzene rings is 2. The molecule has 0 radical (unpaired) electrons. The lowest BCUT2D eigenvalue weighted by molar-refractivity contribution is -0.133. The maximum Gasteiger partial charge on any atom is 0.246 e. The summed E-state index contributed by atoms with van der Waals surface area (Å²) in [5.74, 6) is -0.290. The van der Waals surface area contributed by atoms with E-state index >= 15 is 0 Å². The second-order valence-electron chi connectivity index (χ2n) is 7.67. The lowest BCUT2D eigenvalue weighted by Gasteiger charge is -2.36. The van der Waals surface area contributed by atoms with Crippen molar-refractivity contribution in [2.75, 3.05) is 23.7 Å². The van der Waals surface area contributed by atoms with Gasteiger partial charge in [0.25, 0.3) is 0 Å². The van der Waals surface area contributed by atoms with Crippen molar-refractivity contribution < 1.29 is 17.6 Å². The van der Waals surface area contributed by atoms with E-state index in [0.717, 1.165) is 35.9 Å². The molecule has 1 amide bonds. The predicted molar refractivity (Wildman–Crippen MR) is 113 cm³/mol. The Balaban J connectivity index is 1.67. The first-order valence-corrected chi connectivity index (χ1v) is 11.7. The molecule has 1 aliphatic rings. The van der Waals surface area contributed by atoms with E-state index in [1.807, 2.05) is 18.2 Å². The lowest BCUT2D eigenvalue weighted by atomic mass is 9.90. The topological polar surface area (TPSA) is 57.7 Å². The minimum absolute atomic E-state index is 0.160. The molecule has 0 spiro atoms. The molecule has 3 rings (SSSR count). The van der Waals surface area contributed by atoms with Gasteiger partial charge in [-0.15, -0.1) is 0 Å². The Kier molecular flexibility index (Phi) is 6.57. The molecule has 1 atom stereocenters. The van der Waals surface area contributed by atoms with Gasteiger partial charge in [0.1, 0.15) is 11.9 Å². The molecule has 1 unspecified atom stereocenters. The minimum atomic E-state index is -3.75. The quantitative estimate of drug-likeness (QED) is 0.722. The molecule has 1 fully saturated rings. The molecule has 2 aromatic carbocycles. The van der Waals surface area contributed by atoms with Crippen LogP contribution >= 0.6 is 0 Å². The SMILES string of the molecule is CC(C(=O)N1CCC(Cc2ccccc2)CC1)N(c1cccc(F)c1)S(C)(=O)=O. The Morgan fingerprint density at radius 2 is 1.79 bits per heavy atom. The summed E-state index contributed by atoms with van der Waals surface area (Å²) in [5, 5.41) is 0. The fourth-order valence-electron chi connectivity index (χ4n) is 3.98. The molecule has 156 valence electrons. The van der Waals surface area contributed by atoms with Crippen molar-refractivity contribution in [1.29, 1.82) is 0 Å². The molecule has 7 heteroatoms. The Morgan fingerprint density at radius 1 is 1.14 bits per heavy atom. The van der Waals surface area contributed by atoms with Crippen LogP contribution in [0.4, 0.5) is 10.1 Å². The van der Waals surface area contributed by atoms with E-state index in [9.17, 15) is 17.6 Å². The van der Waals surface area contributed by atoms with Gasteiger partial charge in [0.2, 0.25) is 15.9 Å². The van der Waals surface area contributed by atoms with Crippen LogP contribution in [-0.2, 0) is 21.2 Å². The standard InChI is InChI=1S/C22H27FN2O3S/c1-17(25(29(2,27)28)21-10-6-9-20(23)16-21)22(26)24-13-11-19(12-14-24)15-18-7-4-3-5-8-18/h3-10,16-17,19H,11-15H2,1-2H3. The molecule has 1 aliphatic heterocycles. The number of hydrogen-bond acceptors (Lipinski definition) is 3. The highest BCUT2D eigenvalue weighted by Gasteiger charge is 2.33. The molecular formula is C22H27FN2O3S. The number of carbonyl (C=O) groups is 1. The Labute approximate surface area is 172 Å². The van der Waals surface area contributed by atoms with Gasteiger partial charge in [-0.3, -0.25) is 9.10 Å². The van der Waals surface area contributed by atoms with Crippen molar-refractivity contribution in [3.8, 4) is 0 Å². The van der Waals surface area contributed by atoms with Gasteiger partial charge in [-0.2, -0.15) is 0 Å². The lowest BCUT2D eigenvalue weighted by Crippen LogP contribution is -2.51. The number of nitrogens with zero attached hydrogens (tertiary/aromatic N) is 2. The number of amides is 1. The molecule has 0 N–H and O–H groups in total. The number of hydrogen-bond donors (Lipinski definition) is 0. The zero-order chi connectivity index (χ0) is 21.0. The second kappa shape index (κ2) is 8.95. The molecule has 5 nitrogen and oxygen atoms in total. The van der Waals surface area contributed by atoms with Crippen LogP contribution in [0.1, 0.15) is 25.3 Å². The third-order valence-electron chi connectivity index (χ3n) is 5.42. The maximum atomic E-state index is 13.6. The molecular weight excluding hydrogens is 391 g/mol. The molecule has 0 aliphatic carbocycles. The number of carbonyl (C=O) groups excluding carboxylic acids is 1. The van der Waals surface area contributed by atoms with Crippen LogP contribution in [0.2, 0.25) is 0 Å². The normalized spacial score (nSPS) is 16.4. The molecule has 1 saturated heterocycles. The van der Waals surface area contributed by atoms with E-state index in [2.05, 4.69) is 12.1 Å². The van der Waals surface area contributed by atoms with Crippen LogP contribution in [0.5, 0.6) is 0 Å². The van der Waals surface area contributed by atoms with E-state index in [0.29, 0.717) is 19.0 Å². The van der Waals surface area contributed by atoms with Gasteiger partial charge in [0.05, 0.1) is 11.9 Å². The average Bonchev–Trinajstić information content (AvgIpc) is 2.68. The number of piperidine rings is 1. The fourth-order valence-corrected chi connectivity index (χ4v) is 5.15. The summed E-state index contributed by atoms with van der Waals surface area (Å²) in [6.45, 7) is 2.76. The van der Waals surface area contributed by atoms with Crippen LogP contribution in [0.15, 0.2) is 54.6 Å². The van der Waals surface area contributed by atoms with Crippen LogP contribution in [0.25, 0.3) is 0 Å². The molecule has 0 aromatic heterocycles. The van der Waals surface area contributed by atoms with E-state index in [4.69, 9.17) is 0 Å². The monoisotopic (exact) mass is 418 g/mol. The average molecular weight is 419 g/mol. The highest BCUT2D eigenvalue weighted by Crippen LogP contribution is 2.26. The predicted octanol–water partition coefficient (Wildman–Crippen LogP) is 3.46. The zero-order valence-corrected chi connectivity index (χ0v) is 17.6. The molecule has 2 aromatic rings. The van der Waals surface area contributed by atoms with Gasteiger partial charge in [-0.25, -0.2) is 12.8 Å². The van der Waals surface area contributed by atoms with Gasteiger partial charge >= 0.3 is 0 Å². The summed E-state index contributed by atoms with van der Waals surface area (Å²) in [6, 6.07) is 14.7. The molecule has 29 heavy (non-hydrogen) atoms. The maximum absolute atomic E-state index is 13.6. The van der Waals surface area contributed by atoms with Crippen molar-refractivity contribution in [2.24, 2.45) is 5.92 Å². The molecule has 1 heterocycles. The molecule has 0 saturated carbocycles. The zero-order valence-electron chi connectivity index (χ0n) is 16.8. The van der Waals surface area contributed by atoms with E-state index in [-0.39, 0.29) is 11.6 Å². The summed E-state index contributed by atoms with van der Waals surface area (Å²) in [4.78, 5) is 14.8. The van der Waals surface area contributed by atoms with Gasteiger partial charge in [0, 0.05) is 13.1 Å². The smallest absolute Gasteiger partial charge is 0.246 e. The van der Waals surface area contributed by atoms with Gasteiger partial charge < -0.3 is 4.90 Å². The summed E-state index contributed by atoms with van der Waals surface area (Å²) >= 11 is 0. The molecule has 0 bridgehead atoms. The number of rotatable bonds is 6. The highest BCUT2D eigenvalue weighted by atomic mass is 32.2. The van der Waals surface area contributed by atoms with E-state index in [1.54, 1.807) is 11.8 Å². The first-order chi connectivity index (χ1) is 13.8. The van der Waals surface area contributed by atoms with Crippen LogP contribution in [-0.4, -0.2) is 44.6 Å². The van der Waals surface area contributed by atoms with Crippen molar-refractivity contribution >= 4 is 21.6 Å². The van der Waals surface area contributed by atoms with Gasteiger partial charge in [-0.1, -0.05) is 36.4 Å². The van der Waals surface area contributed by atoms with Crippen LogP contribution < -0.4 is 4.31 Å². The largest absolute Gasteiger partial charge is 0.341 e. The third-order valence-corrected chi connectivity index (χ3v) is 6.66. The third kappa shape index (κ3) is 5.35. The van der Waals surface area contributed by atoms with Crippen molar-refractivity contribution in [3.63, 3.8) is 0 Å². The second-order valence-corrected chi connectivity index (χ2v) is 9.53. The first-order valence-electron chi connectivity index (χ1n) is 9.83. The number of sulfonamides is 1. The van der Waals surface area contributed by atoms with Crippen molar-refractivity contribution in [1.82, 2.24) is 4.90 Å². The van der Waals surface area contributed by atoms with E-state index in [1.165, 1.54) is 23.8 Å². The summed E-state index contributed by atoms with van der Waals surface area (Å²) < 4.78 is 39.4. The van der Waals surface area contributed by atoms with Gasteiger partial charge in [-0.05, 0) is 55.9 Å². The van der Waals surface area contributed by atoms with Crippen molar-refractivity contribution in [2.45, 2.75) is 32.2 Å². The number of halogens is 1. The Bertz CT molecular complexity index is 942. The highest BCUT2D eigenvalue weighted by molar-refractivity contribution is 7.92. The van der Waals surface area contributed by atoms with Crippen LogP contribution in [0, 0.1) is 11.7 Å². The minimum Gasteiger partial charge on any atom is -0.341 e. The number of likely N-dealkylation sites (tertiary alicyclic amines) is 1. The summed E-state index contributed by atoms with van der Waals surface area (Å²) in [6.07, 6.45) is 3.78. The van der Waals surface area contributed by atoms with Crippen LogP contribution in [0.3, 0.4) is 0 Å². The fraction of sp³-hybridized carbons (Fsp3) is 0.409. The van der Waals surface area contributed by atoms with Gasteiger partial charge in [0.15, 0.2) is 0 Å². The summed E-state index contributed by atoms with van der Waals surface area (Å²) in [7, 11) is -3.75. The van der Waals surface area contributed by atoms with E-state index < -0.39 is 21.9 Å². The Hall–Kier alpha value is -2.41. The summed E-state index contributed by atoms with van der Waals surface area (Å²) in [5.41, 5.74) is 1.45. The number of anilines is 1. The van der Waals surface area contributed by atoms with Crippen molar-refractivity contribution in [3.05, 3.63) is 66.0 Å². The Morgan fingerprint density at radius 3 is 2.38 bits per heavy atom. The first kappa shape index (κ1) is 21.3.